The molecule has 0 atom stereocenters. The maximum Gasteiger partial charge on any atom is 0.243 e. The van der Waals surface area contributed by atoms with Gasteiger partial charge in [-0.15, -0.1) is 0 Å². The molecule has 0 unspecified atom stereocenters. The van der Waals surface area contributed by atoms with Gasteiger partial charge < -0.3 is 0 Å². The molecule has 114 valence electrons. The van der Waals surface area contributed by atoms with Gasteiger partial charge in [-0.3, -0.25) is 0 Å². The van der Waals surface area contributed by atoms with Gasteiger partial charge in [-0.2, -0.15) is 9.57 Å². The van der Waals surface area contributed by atoms with E-state index in [-0.39, 0.29) is 0 Å². The molecule has 1 aliphatic heterocycles. The summed E-state index contributed by atoms with van der Waals surface area (Å²) in [6, 6.07) is 8.73. The third-order valence-electron chi connectivity index (χ3n) is 4.11. The molecular weight excluding hydrogens is 284 g/mol. The minimum atomic E-state index is -3.38. The van der Waals surface area contributed by atoms with Crippen LogP contribution in [0, 0.1) is 17.2 Å². The Bertz CT molecular complexity index is 594. The lowest BCUT2D eigenvalue weighted by molar-refractivity contribution is 0.262. The summed E-state index contributed by atoms with van der Waals surface area (Å²) in [5.41, 5.74) is 0.845. The number of sulfonamides is 1. The van der Waals surface area contributed by atoms with Crippen LogP contribution >= 0.6 is 0 Å². The molecule has 0 bridgehead atoms. The normalized spacial score (nSPS) is 17.5. The molecule has 1 aliphatic rings. The van der Waals surface area contributed by atoms with Crippen LogP contribution in [0.5, 0.6) is 0 Å². The molecule has 1 aromatic rings. The molecule has 2 rings (SSSR count). The van der Waals surface area contributed by atoms with Gasteiger partial charge >= 0.3 is 0 Å². The monoisotopic (exact) mass is 306 g/mol. The van der Waals surface area contributed by atoms with Crippen LogP contribution in [-0.4, -0.2) is 25.8 Å². The van der Waals surface area contributed by atoms with Gasteiger partial charge in [-0.05, 0) is 36.5 Å². The number of piperidine rings is 1. The molecule has 0 amide bonds. The third kappa shape index (κ3) is 3.84. The van der Waals surface area contributed by atoms with Gasteiger partial charge in [0.2, 0.25) is 10.0 Å². The highest BCUT2D eigenvalue weighted by Gasteiger charge is 2.28. The van der Waals surface area contributed by atoms with Crippen molar-refractivity contribution in [3.8, 4) is 6.07 Å². The molecule has 0 spiro atoms. The second kappa shape index (κ2) is 7.06. The molecule has 0 N–H and O–H groups in total. The largest absolute Gasteiger partial charge is 0.243 e. The van der Waals surface area contributed by atoms with Gasteiger partial charge in [-0.1, -0.05) is 31.9 Å². The lowest BCUT2D eigenvalue weighted by Gasteiger charge is -2.31. The van der Waals surface area contributed by atoms with Crippen molar-refractivity contribution < 1.29 is 8.42 Å². The van der Waals surface area contributed by atoms with Crippen LogP contribution in [0.2, 0.25) is 0 Å². The molecule has 1 aromatic carbocycles. The van der Waals surface area contributed by atoms with Gasteiger partial charge in [0, 0.05) is 13.1 Å². The van der Waals surface area contributed by atoms with Gasteiger partial charge in [0.15, 0.2) is 0 Å². The Morgan fingerprint density at radius 3 is 2.38 bits per heavy atom. The third-order valence-corrected chi connectivity index (χ3v) is 6.03. The van der Waals surface area contributed by atoms with Crippen molar-refractivity contribution in [1.82, 2.24) is 4.31 Å². The second-order valence-electron chi connectivity index (χ2n) is 5.61. The van der Waals surface area contributed by atoms with E-state index < -0.39 is 10.0 Å². The van der Waals surface area contributed by atoms with Gasteiger partial charge in [0.25, 0.3) is 0 Å². The molecule has 4 nitrogen and oxygen atoms in total. The molecule has 0 radical (unpaired) electrons. The van der Waals surface area contributed by atoms with E-state index in [2.05, 4.69) is 13.0 Å². The van der Waals surface area contributed by atoms with E-state index >= 15 is 0 Å². The van der Waals surface area contributed by atoms with Crippen molar-refractivity contribution in [2.75, 3.05) is 13.1 Å². The Labute approximate surface area is 127 Å². The fourth-order valence-electron chi connectivity index (χ4n) is 2.87. The second-order valence-corrected chi connectivity index (χ2v) is 7.55. The Morgan fingerprint density at radius 2 is 1.86 bits per heavy atom. The van der Waals surface area contributed by atoms with Crippen LogP contribution in [0.15, 0.2) is 29.2 Å². The average Bonchev–Trinajstić information content (AvgIpc) is 2.49. The zero-order valence-electron chi connectivity index (χ0n) is 12.5. The lowest BCUT2D eigenvalue weighted by Crippen LogP contribution is -2.38. The maximum atomic E-state index is 12.6. The van der Waals surface area contributed by atoms with Crippen LogP contribution in [0.25, 0.3) is 0 Å². The van der Waals surface area contributed by atoms with Crippen LogP contribution in [0.3, 0.4) is 0 Å². The van der Waals surface area contributed by atoms with Crippen molar-refractivity contribution in [1.29, 1.82) is 5.26 Å². The Balaban J connectivity index is 2.07. The molecule has 0 saturated carbocycles. The van der Waals surface area contributed by atoms with Crippen molar-refractivity contribution in [2.24, 2.45) is 5.92 Å². The first kappa shape index (κ1) is 16.0. The number of nitrogens with zero attached hydrogens (tertiary/aromatic N) is 2. The van der Waals surface area contributed by atoms with E-state index in [1.807, 2.05) is 0 Å². The highest BCUT2D eigenvalue weighted by atomic mass is 32.2. The van der Waals surface area contributed by atoms with E-state index in [4.69, 9.17) is 5.26 Å². The van der Waals surface area contributed by atoms with E-state index in [9.17, 15) is 8.42 Å². The van der Waals surface area contributed by atoms with Crippen LogP contribution in [-0.2, 0) is 16.4 Å². The van der Waals surface area contributed by atoms with Crippen molar-refractivity contribution in [2.45, 2.75) is 43.9 Å². The van der Waals surface area contributed by atoms with Crippen LogP contribution in [0.4, 0.5) is 0 Å². The molecule has 21 heavy (non-hydrogen) atoms. The first-order valence-electron chi connectivity index (χ1n) is 7.54. The highest BCUT2D eigenvalue weighted by molar-refractivity contribution is 7.89. The summed E-state index contributed by atoms with van der Waals surface area (Å²) >= 11 is 0. The predicted octanol–water partition coefficient (Wildman–Crippen LogP) is 2.95. The van der Waals surface area contributed by atoms with Crippen molar-refractivity contribution in [3.63, 3.8) is 0 Å². The smallest absolute Gasteiger partial charge is 0.207 e. The SMILES string of the molecule is CCCC1CCN(S(=O)(=O)c2ccc(CC#N)cc2)CC1. The van der Waals surface area contributed by atoms with Crippen molar-refractivity contribution in [3.05, 3.63) is 29.8 Å². The summed E-state index contributed by atoms with van der Waals surface area (Å²) in [6.07, 6.45) is 4.58. The van der Waals surface area contributed by atoms with Crippen LogP contribution < -0.4 is 0 Å². The molecule has 0 aliphatic carbocycles. The van der Waals surface area contributed by atoms with E-state index in [1.54, 1.807) is 28.6 Å². The van der Waals surface area contributed by atoms with Gasteiger partial charge in [0.1, 0.15) is 0 Å². The first-order valence-corrected chi connectivity index (χ1v) is 8.98. The van der Waals surface area contributed by atoms with E-state index in [0.717, 1.165) is 24.8 Å². The molecule has 0 aromatic heterocycles. The van der Waals surface area contributed by atoms with Crippen LogP contribution in [0.1, 0.15) is 38.2 Å². The fraction of sp³-hybridized carbons (Fsp3) is 0.562. The van der Waals surface area contributed by atoms with E-state index in [0.29, 0.717) is 30.3 Å². The Kier molecular flexibility index (Phi) is 5.38. The number of hydrogen-bond acceptors (Lipinski definition) is 3. The fourth-order valence-corrected chi connectivity index (χ4v) is 4.34. The highest BCUT2D eigenvalue weighted by Crippen LogP contribution is 2.26. The average molecular weight is 306 g/mol. The summed E-state index contributed by atoms with van der Waals surface area (Å²) in [5.74, 6) is 0.666. The maximum absolute atomic E-state index is 12.6. The quantitative estimate of drug-likeness (QED) is 0.840. The molecule has 1 fully saturated rings. The molecule has 1 saturated heterocycles. The number of rotatable bonds is 5. The van der Waals surface area contributed by atoms with Gasteiger partial charge in [-0.25, -0.2) is 8.42 Å². The molecular formula is C16H22N2O2S. The minimum absolute atomic E-state index is 0.308. The van der Waals surface area contributed by atoms with E-state index in [1.165, 1.54) is 6.42 Å². The topological polar surface area (TPSA) is 61.2 Å². The number of hydrogen-bond donors (Lipinski definition) is 0. The summed E-state index contributed by atoms with van der Waals surface area (Å²) in [4.78, 5) is 0.332. The molecule has 5 heteroatoms. The zero-order chi connectivity index (χ0) is 15.3. The summed E-state index contributed by atoms with van der Waals surface area (Å²) in [6.45, 7) is 3.41. The predicted molar refractivity (Wildman–Crippen MR) is 82.1 cm³/mol. The lowest BCUT2D eigenvalue weighted by atomic mass is 9.94. The Morgan fingerprint density at radius 1 is 1.24 bits per heavy atom. The number of nitriles is 1. The Hall–Kier alpha value is -1.38. The zero-order valence-corrected chi connectivity index (χ0v) is 13.3. The summed E-state index contributed by atoms with van der Waals surface area (Å²) in [5, 5.41) is 8.64. The summed E-state index contributed by atoms with van der Waals surface area (Å²) in [7, 11) is -3.38. The first-order chi connectivity index (χ1) is 10.1. The minimum Gasteiger partial charge on any atom is -0.207 e. The van der Waals surface area contributed by atoms with Crippen molar-refractivity contribution >= 4 is 10.0 Å². The van der Waals surface area contributed by atoms with Gasteiger partial charge in [0.05, 0.1) is 17.4 Å². The molecule has 1 heterocycles. The number of benzene rings is 1. The standard InChI is InChI=1S/C16H22N2O2S/c1-2-3-14-9-12-18(13-10-14)21(19,20)16-6-4-15(5-7-16)8-11-17/h4-7,14H,2-3,8-10,12-13H2,1H3. The summed E-state index contributed by atoms with van der Waals surface area (Å²) < 4.78 is 26.8.